The Bertz CT molecular complexity index is 501. The maximum Gasteiger partial charge on any atom is 0.328 e. The van der Waals surface area contributed by atoms with E-state index in [-0.39, 0.29) is 18.2 Å². The van der Waals surface area contributed by atoms with Crippen molar-refractivity contribution in [1.29, 1.82) is 0 Å². The Morgan fingerprint density at radius 3 is 2.95 bits per heavy atom. The van der Waals surface area contributed by atoms with Gasteiger partial charge < -0.3 is 9.64 Å². The number of nitrogens with zero attached hydrogens (tertiary/aromatic N) is 2. The fourth-order valence-corrected chi connectivity index (χ4v) is 2.78. The third-order valence-corrected chi connectivity index (χ3v) is 3.69. The lowest BCUT2D eigenvalue weighted by molar-refractivity contribution is -0.146. The number of amidine groups is 1. The fourth-order valence-electron chi connectivity index (χ4n) is 2.78. The third kappa shape index (κ3) is 2.05. The minimum atomic E-state index is -0.238. The van der Waals surface area contributed by atoms with Gasteiger partial charge in [-0.15, -0.1) is 0 Å². The predicted molar refractivity (Wildman–Crippen MR) is 71.2 cm³/mol. The summed E-state index contributed by atoms with van der Waals surface area (Å²) in [6.07, 6.45) is 2.62. The highest BCUT2D eigenvalue weighted by Gasteiger charge is 2.40. The number of hydrazone groups is 1. The summed E-state index contributed by atoms with van der Waals surface area (Å²) < 4.78 is 4.92. The van der Waals surface area contributed by atoms with E-state index < -0.39 is 0 Å². The van der Waals surface area contributed by atoms with Crippen molar-refractivity contribution in [2.24, 2.45) is 5.10 Å². The van der Waals surface area contributed by atoms with Gasteiger partial charge in [0.05, 0.1) is 7.11 Å². The van der Waals surface area contributed by atoms with Crippen LogP contribution in [0.25, 0.3) is 0 Å². The summed E-state index contributed by atoms with van der Waals surface area (Å²) in [6, 6.07) is 9.81. The lowest BCUT2D eigenvalue weighted by atomic mass is 9.99. The van der Waals surface area contributed by atoms with Gasteiger partial charge >= 0.3 is 5.97 Å². The van der Waals surface area contributed by atoms with Crippen LogP contribution < -0.4 is 5.43 Å². The van der Waals surface area contributed by atoms with E-state index in [4.69, 9.17) is 4.74 Å². The van der Waals surface area contributed by atoms with Crippen molar-refractivity contribution >= 4 is 11.8 Å². The monoisotopic (exact) mass is 259 g/mol. The van der Waals surface area contributed by atoms with E-state index in [1.807, 2.05) is 30.3 Å². The van der Waals surface area contributed by atoms with Gasteiger partial charge in [-0.25, -0.2) is 4.79 Å². The van der Waals surface area contributed by atoms with Gasteiger partial charge in [-0.05, 0) is 18.4 Å². The number of fused-ring (bicyclic) bond motifs is 1. The molecule has 1 saturated heterocycles. The Hall–Kier alpha value is -2.04. The van der Waals surface area contributed by atoms with Crippen LogP contribution in [0, 0.1) is 0 Å². The summed E-state index contributed by atoms with van der Waals surface area (Å²) in [5.74, 6) is 0.771. The number of esters is 1. The van der Waals surface area contributed by atoms with E-state index in [2.05, 4.69) is 15.4 Å². The van der Waals surface area contributed by atoms with Gasteiger partial charge in [-0.3, -0.25) is 5.43 Å². The predicted octanol–water partition coefficient (Wildman–Crippen LogP) is 1.63. The lowest BCUT2D eigenvalue weighted by Gasteiger charge is -2.36. The molecule has 2 aliphatic heterocycles. The molecule has 1 aromatic rings. The molecule has 2 heterocycles. The van der Waals surface area contributed by atoms with E-state index >= 15 is 0 Å². The van der Waals surface area contributed by atoms with Crippen molar-refractivity contribution in [3.63, 3.8) is 0 Å². The van der Waals surface area contributed by atoms with Crippen LogP contribution in [0.4, 0.5) is 0 Å². The van der Waals surface area contributed by atoms with Crippen molar-refractivity contribution in [3.05, 3.63) is 35.9 Å². The number of methoxy groups -OCH3 is 1. The molecule has 19 heavy (non-hydrogen) atoms. The topological polar surface area (TPSA) is 53.9 Å². The Morgan fingerprint density at radius 1 is 1.42 bits per heavy atom. The van der Waals surface area contributed by atoms with E-state index in [0.717, 1.165) is 30.7 Å². The zero-order chi connectivity index (χ0) is 13.2. The summed E-state index contributed by atoms with van der Waals surface area (Å²) in [4.78, 5) is 14.0. The van der Waals surface area contributed by atoms with Crippen LogP contribution in [0.15, 0.2) is 35.4 Å². The van der Waals surface area contributed by atoms with Crippen LogP contribution in [0.2, 0.25) is 0 Å². The maximum atomic E-state index is 11.9. The normalized spacial score (nSPS) is 25.3. The zero-order valence-electron chi connectivity index (χ0n) is 10.9. The first-order valence-electron chi connectivity index (χ1n) is 6.54. The molecule has 2 aliphatic rings. The van der Waals surface area contributed by atoms with E-state index in [0.29, 0.717) is 0 Å². The number of carbonyl (C=O) groups is 1. The summed E-state index contributed by atoms with van der Waals surface area (Å²) in [5, 5.41) is 4.37. The number of benzene rings is 1. The average molecular weight is 259 g/mol. The van der Waals surface area contributed by atoms with E-state index in [1.54, 1.807) is 0 Å². The van der Waals surface area contributed by atoms with Crippen LogP contribution in [0.3, 0.4) is 0 Å². The molecule has 5 nitrogen and oxygen atoms in total. The SMILES string of the molecule is COC(=O)C1CCCC2=NNC(c3ccccc3)N21. The molecule has 100 valence electrons. The molecule has 0 aromatic heterocycles. The number of rotatable bonds is 2. The zero-order valence-corrected chi connectivity index (χ0v) is 10.9. The molecule has 0 saturated carbocycles. The van der Waals surface area contributed by atoms with Crippen LogP contribution in [0.5, 0.6) is 0 Å². The number of nitrogens with one attached hydrogen (secondary N) is 1. The van der Waals surface area contributed by atoms with Gasteiger partial charge in [-0.1, -0.05) is 30.3 Å². The number of hydrogen-bond acceptors (Lipinski definition) is 5. The van der Waals surface area contributed by atoms with E-state index in [1.165, 1.54) is 7.11 Å². The third-order valence-electron chi connectivity index (χ3n) is 3.69. The smallest absolute Gasteiger partial charge is 0.328 e. The molecule has 0 radical (unpaired) electrons. The number of carbonyl (C=O) groups excluding carboxylic acids is 1. The van der Waals surface area contributed by atoms with Gasteiger partial charge in [0.25, 0.3) is 0 Å². The molecular formula is C14H17N3O2. The van der Waals surface area contributed by atoms with Crippen LogP contribution >= 0.6 is 0 Å². The van der Waals surface area contributed by atoms with Crippen molar-refractivity contribution in [3.8, 4) is 0 Å². The number of hydrogen-bond donors (Lipinski definition) is 1. The first-order valence-corrected chi connectivity index (χ1v) is 6.54. The second-order valence-corrected chi connectivity index (χ2v) is 4.81. The highest BCUT2D eigenvalue weighted by Crippen LogP contribution is 2.32. The lowest BCUT2D eigenvalue weighted by Crippen LogP contribution is -2.48. The Balaban J connectivity index is 1.90. The molecule has 0 spiro atoms. The van der Waals surface area contributed by atoms with Crippen molar-refractivity contribution < 1.29 is 9.53 Å². The van der Waals surface area contributed by atoms with Gasteiger partial charge in [0.1, 0.15) is 18.0 Å². The Kier molecular flexibility index (Phi) is 3.11. The van der Waals surface area contributed by atoms with Crippen LogP contribution in [-0.2, 0) is 9.53 Å². The second kappa shape index (κ2) is 4.91. The molecule has 0 bridgehead atoms. The molecule has 2 unspecified atom stereocenters. The molecule has 3 rings (SSSR count). The largest absolute Gasteiger partial charge is 0.467 e. The van der Waals surface area contributed by atoms with Gasteiger partial charge in [-0.2, -0.15) is 5.10 Å². The van der Waals surface area contributed by atoms with Crippen molar-refractivity contribution in [2.75, 3.05) is 7.11 Å². The van der Waals surface area contributed by atoms with Crippen LogP contribution in [-0.4, -0.2) is 29.9 Å². The first-order chi connectivity index (χ1) is 9.31. The van der Waals surface area contributed by atoms with Crippen molar-refractivity contribution in [2.45, 2.75) is 31.5 Å². The molecule has 1 N–H and O–H groups in total. The Morgan fingerprint density at radius 2 is 2.21 bits per heavy atom. The molecule has 5 heteroatoms. The molecule has 0 aliphatic carbocycles. The molecular weight excluding hydrogens is 242 g/mol. The summed E-state index contributed by atoms with van der Waals surface area (Å²) in [5.41, 5.74) is 4.24. The van der Waals surface area contributed by atoms with Gasteiger partial charge in [0.15, 0.2) is 0 Å². The fraction of sp³-hybridized carbons (Fsp3) is 0.429. The number of ether oxygens (including phenoxy) is 1. The summed E-state index contributed by atoms with van der Waals surface area (Å²) in [6.45, 7) is 0. The summed E-state index contributed by atoms with van der Waals surface area (Å²) >= 11 is 0. The standard InChI is InChI=1S/C14H17N3O2/c1-19-14(18)11-8-5-9-12-15-16-13(17(11)12)10-6-3-2-4-7-10/h2-4,6-7,11,13,16H,5,8-9H2,1H3. The minimum Gasteiger partial charge on any atom is -0.467 e. The number of piperidine rings is 1. The summed E-state index contributed by atoms with van der Waals surface area (Å²) in [7, 11) is 1.44. The van der Waals surface area contributed by atoms with Crippen LogP contribution in [0.1, 0.15) is 31.0 Å². The molecule has 1 aromatic carbocycles. The Labute approximate surface area is 112 Å². The highest BCUT2D eigenvalue weighted by molar-refractivity contribution is 5.90. The molecule has 2 atom stereocenters. The second-order valence-electron chi connectivity index (χ2n) is 4.81. The minimum absolute atomic E-state index is 0.0689. The average Bonchev–Trinajstić information content (AvgIpc) is 2.91. The molecule has 0 amide bonds. The van der Waals surface area contributed by atoms with Gasteiger partial charge in [0.2, 0.25) is 0 Å². The van der Waals surface area contributed by atoms with Gasteiger partial charge in [0, 0.05) is 6.42 Å². The quantitative estimate of drug-likeness (QED) is 0.820. The molecule has 1 fully saturated rings. The first kappa shape index (κ1) is 12.0. The maximum absolute atomic E-state index is 11.9. The van der Waals surface area contributed by atoms with Crippen molar-refractivity contribution in [1.82, 2.24) is 10.3 Å². The highest BCUT2D eigenvalue weighted by atomic mass is 16.5. The van der Waals surface area contributed by atoms with E-state index in [9.17, 15) is 4.79 Å².